The second kappa shape index (κ2) is 4.06. The molecule has 0 aliphatic heterocycles. The number of H-pyrrole nitrogens is 1. The summed E-state index contributed by atoms with van der Waals surface area (Å²) in [6.45, 7) is 3.94. The van der Waals surface area contributed by atoms with Crippen LogP contribution < -0.4 is 5.73 Å². The van der Waals surface area contributed by atoms with Gasteiger partial charge in [0.05, 0.1) is 5.69 Å². The van der Waals surface area contributed by atoms with Gasteiger partial charge < -0.3 is 10.7 Å². The molecule has 0 aliphatic carbocycles. The fraction of sp³-hybridized carbons (Fsp3) is 0.333. The first-order valence-corrected chi connectivity index (χ1v) is 5.28. The molecule has 2 aromatic rings. The molecule has 4 nitrogen and oxygen atoms in total. The standard InChI is InChI=1S/C12H16N4/c1-12(2,13)7-11-15-6-4-10(16-11)9-3-5-14-8-9/h3-6,8,14H,7,13H2,1-2H3. The Hall–Kier alpha value is -1.68. The smallest absolute Gasteiger partial charge is 0.130 e. The van der Waals surface area contributed by atoms with Crippen LogP contribution in [-0.2, 0) is 6.42 Å². The molecule has 16 heavy (non-hydrogen) atoms. The molecule has 4 heteroatoms. The molecule has 0 spiro atoms. The van der Waals surface area contributed by atoms with Gasteiger partial charge in [0.2, 0.25) is 0 Å². The average molecular weight is 216 g/mol. The zero-order valence-corrected chi connectivity index (χ0v) is 9.57. The molecule has 2 heterocycles. The Bertz CT molecular complexity index is 454. The van der Waals surface area contributed by atoms with Gasteiger partial charge in [-0.1, -0.05) is 0 Å². The minimum atomic E-state index is -0.281. The molecule has 0 unspecified atom stereocenters. The van der Waals surface area contributed by atoms with Crippen molar-refractivity contribution in [3.05, 3.63) is 36.5 Å². The molecule has 0 bridgehead atoms. The van der Waals surface area contributed by atoms with Crippen molar-refractivity contribution in [1.29, 1.82) is 0 Å². The molecule has 0 amide bonds. The maximum Gasteiger partial charge on any atom is 0.130 e. The van der Waals surface area contributed by atoms with Gasteiger partial charge >= 0.3 is 0 Å². The largest absolute Gasteiger partial charge is 0.367 e. The number of hydrogen-bond donors (Lipinski definition) is 2. The summed E-state index contributed by atoms with van der Waals surface area (Å²) in [4.78, 5) is 11.7. The highest BCUT2D eigenvalue weighted by molar-refractivity contribution is 5.57. The van der Waals surface area contributed by atoms with Gasteiger partial charge in [0.15, 0.2) is 0 Å². The van der Waals surface area contributed by atoms with Gasteiger partial charge in [-0.05, 0) is 26.0 Å². The van der Waals surface area contributed by atoms with E-state index in [0.29, 0.717) is 6.42 Å². The van der Waals surface area contributed by atoms with Crippen LogP contribution in [-0.4, -0.2) is 20.5 Å². The number of rotatable bonds is 3. The van der Waals surface area contributed by atoms with Crippen molar-refractivity contribution < 1.29 is 0 Å². The summed E-state index contributed by atoms with van der Waals surface area (Å²) in [6, 6.07) is 3.88. The lowest BCUT2D eigenvalue weighted by Gasteiger charge is -2.16. The first kappa shape index (κ1) is 10.8. The van der Waals surface area contributed by atoms with Crippen molar-refractivity contribution >= 4 is 0 Å². The molecule has 0 saturated heterocycles. The third-order valence-electron chi connectivity index (χ3n) is 2.21. The van der Waals surface area contributed by atoms with E-state index in [4.69, 9.17) is 5.73 Å². The minimum absolute atomic E-state index is 0.281. The Kier molecular flexibility index (Phi) is 2.75. The van der Waals surface area contributed by atoms with Crippen LogP contribution in [0.1, 0.15) is 19.7 Å². The van der Waals surface area contributed by atoms with Crippen LogP contribution in [0, 0.1) is 0 Å². The molecule has 3 N–H and O–H groups in total. The maximum absolute atomic E-state index is 5.95. The van der Waals surface area contributed by atoms with E-state index in [1.807, 2.05) is 38.4 Å². The first-order chi connectivity index (χ1) is 7.54. The van der Waals surface area contributed by atoms with Crippen LogP contribution in [0.15, 0.2) is 30.7 Å². The van der Waals surface area contributed by atoms with Crippen LogP contribution in [0.25, 0.3) is 11.3 Å². The fourth-order valence-electron chi connectivity index (χ4n) is 1.54. The summed E-state index contributed by atoms with van der Waals surface area (Å²) in [6.07, 6.45) is 6.24. The summed E-state index contributed by atoms with van der Waals surface area (Å²) in [5.41, 5.74) is 7.66. The van der Waals surface area contributed by atoms with Gasteiger partial charge in [-0.15, -0.1) is 0 Å². The summed E-state index contributed by atoms with van der Waals surface area (Å²) in [5, 5.41) is 0. The second-order valence-corrected chi connectivity index (χ2v) is 4.62. The second-order valence-electron chi connectivity index (χ2n) is 4.62. The normalized spacial score (nSPS) is 11.7. The highest BCUT2D eigenvalue weighted by Crippen LogP contribution is 2.16. The van der Waals surface area contributed by atoms with Crippen molar-refractivity contribution in [3.8, 4) is 11.3 Å². The van der Waals surface area contributed by atoms with Gasteiger partial charge in [0.1, 0.15) is 5.82 Å². The molecule has 2 aromatic heterocycles. The van der Waals surface area contributed by atoms with E-state index < -0.39 is 0 Å². The first-order valence-electron chi connectivity index (χ1n) is 5.28. The molecule has 0 radical (unpaired) electrons. The maximum atomic E-state index is 5.95. The Morgan fingerprint density at radius 1 is 1.38 bits per heavy atom. The number of nitrogens with zero attached hydrogens (tertiary/aromatic N) is 2. The van der Waals surface area contributed by atoms with E-state index in [2.05, 4.69) is 15.0 Å². The van der Waals surface area contributed by atoms with Gasteiger partial charge in [-0.3, -0.25) is 0 Å². The monoisotopic (exact) mass is 216 g/mol. The van der Waals surface area contributed by atoms with Crippen molar-refractivity contribution in [1.82, 2.24) is 15.0 Å². The summed E-state index contributed by atoms with van der Waals surface area (Å²) >= 11 is 0. The lowest BCUT2D eigenvalue weighted by atomic mass is 10.0. The zero-order chi connectivity index (χ0) is 11.6. The molecule has 0 aliphatic rings. The molecule has 0 saturated carbocycles. The summed E-state index contributed by atoms with van der Waals surface area (Å²) in [7, 11) is 0. The van der Waals surface area contributed by atoms with Crippen LogP contribution in [0.5, 0.6) is 0 Å². The quantitative estimate of drug-likeness (QED) is 0.821. The number of nitrogens with two attached hydrogens (primary N) is 1. The molecule has 2 rings (SSSR count). The Labute approximate surface area is 94.9 Å². The molecule has 0 atom stereocenters. The summed E-state index contributed by atoms with van der Waals surface area (Å²) < 4.78 is 0. The predicted octanol–water partition coefficient (Wildman–Crippen LogP) is 1.75. The van der Waals surface area contributed by atoms with Crippen LogP contribution >= 0.6 is 0 Å². The molecular formula is C12H16N4. The van der Waals surface area contributed by atoms with Gasteiger partial charge in [0, 0.05) is 36.1 Å². The molecule has 0 fully saturated rings. The van der Waals surface area contributed by atoms with E-state index in [1.54, 1.807) is 6.20 Å². The van der Waals surface area contributed by atoms with Crippen LogP contribution in [0.4, 0.5) is 0 Å². The lowest BCUT2D eigenvalue weighted by Crippen LogP contribution is -2.35. The van der Waals surface area contributed by atoms with E-state index in [-0.39, 0.29) is 5.54 Å². The number of hydrogen-bond acceptors (Lipinski definition) is 3. The third-order valence-corrected chi connectivity index (χ3v) is 2.21. The Balaban J connectivity index is 2.27. The van der Waals surface area contributed by atoms with Gasteiger partial charge in [-0.25, -0.2) is 9.97 Å². The predicted molar refractivity (Wildman–Crippen MR) is 63.8 cm³/mol. The zero-order valence-electron chi connectivity index (χ0n) is 9.57. The fourth-order valence-corrected chi connectivity index (χ4v) is 1.54. The van der Waals surface area contributed by atoms with Gasteiger partial charge in [-0.2, -0.15) is 0 Å². The Morgan fingerprint density at radius 3 is 2.81 bits per heavy atom. The SMILES string of the molecule is CC(C)(N)Cc1nccc(-c2cc[nH]c2)n1. The lowest BCUT2D eigenvalue weighted by molar-refractivity contribution is 0.502. The molecular weight excluding hydrogens is 200 g/mol. The van der Waals surface area contributed by atoms with Crippen molar-refractivity contribution in [2.75, 3.05) is 0 Å². The minimum Gasteiger partial charge on any atom is -0.367 e. The third kappa shape index (κ3) is 2.67. The van der Waals surface area contributed by atoms with Crippen molar-refractivity contribution in [2.24, 2.45) is 5.73 Å². The number of aromatic amines is 1. The average Bonchev–Trinajstić information content (AvgIpc) is 2.68. The topological polar surface area (TPSA) is 67.6 Å². The van der Waals surface area contributed by atoms with E-state index in [0.717, 1.165) is 17.1 Å². The highest BCUT2D eigenvalue weighted by atomic mass is 14.9. The van der Waals surface area contributed by atoms with Gasteiger partial charge in [0.25, 0.3) is 0 Å². The highest BCUT2D eigenvalue weighted by Gasteiger charge is 2.14. The van der Waals surface area contributed by atoms with Crippen molar-refractivity contribution in [3.63, 3.8) is 0 Å². The van der Waals surface area contributed by atoms with Crippen molar-refractivity contribution in [2.45, 2.75) is 25.8 Å². The van der Waals surface area contributed by atoms with E-state index in [9.17, 15) is 0 Å². The van der Waals surface area contributed by atoms with Crippen LogP contribution in [0.2, 0.25) is 0 Å². The van der Waals surface area contributed by atoms with E-state index >= 15 is 0 Å². The number of nitrogens with one attached hydrogen (secondary N) is 1. The van der Waals surface area contributed by atoms with E-state index in [1.165, 1.54) is 0 Å². The summed E-state index contributed by atoms with van der Waals surface area (Å²) in [5.74, 6) is 0.784. The Morgan fingerprint density at radius 2 is 2.19 bits per heavy atom. The molecule has 84 valence electrons. The van der Waals surface area contributed by atoms with Crippen LogP contribution in [0.3, 0.4) is 0 Å². The number of aromatic nitrogens is 3. The molecule has 0 aromatic carbocycles.